The summed E-state index contributed by atoms with van der Waals surface area (Å²) >= 11 is 0. The van der Waals surface area contributed by atoms with Crippen molar-refractivity contribution >= 4 is 16.8 Å². The molecule has 2 aromatic carbocycles. The first-order valence-corrected chi connectivity index (χ1v) is 7.63. The van der Waals surface area contributed by atoms with Crippen LogP contribution in [0.25, 0.3) is 10.9 Å². The molecule has 1 amide bonds. The van der Waals surface area contributed by atoms with E-state index in [0.29, 0.717) is 5.56 Å². The van der Waals surface area contributed by atoms with E-state index in [4.69, 9.17) is 0 Å². The lowest BCUT2D eigenvalue weighted by atomic mass is 9.96. The number of aliphatic hydroxyl groups is 1. The molecule has 0 aliphatic carbocycles. The minimum Gasteiger partial charge on any atom is -0.384 e. The van der Waals surface area contributed by atoms with E-state index in [1.165, 1.54) is 24.3 Å². The number of fused-ring (bicyclic) bond motifs is 1. The van der Waals surface area contributed by atoms with Crippen molar-refractivity contribution in [3.63, 3.8) is 0 Å². The van der Waals surface area contributed by atoms with Gasteiger partial charge in [-0.2, -0.15) is 5.10 Å². The number of para-hydroxylation sites is 1. The quantitative estimate of drug-likeness (QED) is 0.673. The van der Waals surface area contributed by atoms with Gasteiger partial charge >= 0.3 is 0 Å². The van der Waals surface area contributed by atoms with Crippen LogP contribution >= 0.6 is 0 Å². The van der Waals surface area contributed by atoms with Gasteiger partial charge in [-0.15, -0.1) is 0 Å². The number of H-pyrrole nitrogens is 1. The van der Waals surface area contributed by atoms with E-state index in [1.807, 2.05) is 24.3 Å². The number of rotatable bonds is 5. The number of nitrogens with one attached hydrogen (secondary N) is 2. The van der Waals surface area contributed by atoms with Crippen LogP contribution in [0.5, 0.6) is 0 Å². The van der Waals surface area contributed by atoms with E-state index in [2.05, 4.69) is 15.5 Å². The predicted octanol–water partition coefficient (Wildman–Crippen LogP) is 2.27. The fourth-order valence-corrected chi connectivity index (χ4v) is 2.55. The second-order valence-electron chi connectivity index (χ2n) is 5.95. The second-order valence-corrected chi connectivity index (χ2v) is 5.95. The molecule has 1 atom stereocenters. The Morgan fingerprint density at radius 1 is 1.25 bits per heavy atom. The van der Waals surface area contributed by atoms with Crippen LogP contribution in [0.3, 0.4) is 0 Å². The number of halogens is 1. The fraction of sp³-hybridized carbons (Fsp3) is 0.222. The smallest absolute Gasteiger partial charge is 0.226 e. The summed E-state index contributed by atoms with van der Waals surface area (Å²) in [4.78, 5) is 12.2. The molecule has 0 fully saturated rings. The topological polar surface area (TPSA) is 78.0 Å². The Morgan fingerprint density at radius 2 is 1.96 bits per heavy atom. The Morgan fingerprint density at radius 3 is 2.71 bits per heavy atom. The minimum absolute atomic E-state index is 0.0313. The highest BCUT2D eigenvalue weighted by atomic mass is 19.1. The van der Waals surface area contributed by atoms with Crippen molar-refractivity contribution in [2.24, 2.45) is 0 Å². The summed E-state index contributed by atoms with van der Waals surface area (Å²) in [5.74, 6) is -0.600. The number of hydrogen-bond donors (Lipinski definition) is 3. The van der Waals surface area contributed by atoms with Crippen LogP contribution in [0.1, 0.15) is 18.2 Å². The standard InChI is InChI=1S/C18H18FN3O2/c1-18(24,12-6-8-13(19)9-7-12)11-20-17(23)10-16-14-4-2-3-5-15(14)21-22-16/h2-9,24H,10-11H2,1H3,(H,20,23)(H,21,22). The Labute approximate surface area is 138 Å². The average molecular weight is 327 g/mol. The first-order chi connectivity index (χ1) is 11.5. The third-order valence-electron chi connectivity index (χ3n) is 3.97. The molecule has 0 aliphatic rings. The number of hydrogen-bond acceptors (Lipinski definition) is 3. The maximum atomic E-state index is 13.0. The van der Waals surface area contributed by atoms with Gasteiger partial charge in [-0.1, -0.05) is 30.3 Å². The number of nitrogens with zero attached hydrogens (tertiary/aromatic N) is 1. The highest BCUT2D eigenvalue weighted by molar-refractivity contribution is 5.87. The molecule has 0 aliphatic heterocycles. The molecule has 3 aromatic rings. The van der Waals surface area contributed by atoms with Gasteiger partial charge in [-0.3, -0.25) is 9.89 Å². The number of amides is 1. The molecule has 24 heavy (non-hydrogen) atoms. The van der Waals surface area contributed by atoms with Gasteiger partial charge in [0.15, 0.2) is 0 Å². The van der Waals surface area contributed by atoms with Gasteiger partial charge in [0.2, 0.25) is 5.91 Å². The Bertz CT molecular complexity index is 856. The zero-order chi connectivity index (χ0) is 17.2. The monoisotopic (exact) mass is 327 g/mol. The van der Waals surface area contributed by atoms with Gasteiger partial charge in [0.25, 0.3) is 0 Å². The summed E-state index contributed by atoms with van der Waals surface area (Å²) in [6.07, 6.45) is 0.139. The summed E-state index contributed by atoms with van der Waals surface area (Å²) in [5.41, 5.74) is 0.790. The van der Waals surface area contributed by atoms with E-state index < -0.39 is 5.60 Å². The number of aromatic nitrogens is 2. The van der Waals surface area contributed by atoms with Crippen LogP contribution in [0.15, 0.2) is 48.5 Å². The van der Waals surface area contributed by atoms with E-state index in [-0.39, 0.29) is 24.7 Å². The van der Waals surface area contributed by atoms with Crippen molar-refractivity contribution in [2.75, 3.05) is 6.54 Å². The van der Waals surface area contributed by atoms with Crippen LogP contribution in [0.2, 0.25) is 0 Å². The van der Waals surface area contributed by atoms with E-state index >= 15 is 0 Å². The molecule has 1 aromatic heterocycles. The lowest BCUT2D eigenvalue weighted by Crippen LogP contribution is -2.39. The Hall–Kier alpha value is -2.73. The minimum atomic E-state index is -1.28. The van der Waals surface area contributed by atoms with Crippen LogP contribution < -0.4 is 5.32 Å². The average Bonchev–Trinajstić information content (AvgIpc) is 2.97. The van der Waals surface area contributed by atoms with E-state index in [1.54, 1.807) is 6.92 Å². The first kappa shape index (κ1) is 16.1. The summed E-state index contributed by atoms with van der Waals surface area (Å²) < 4.78 is 13.0. The molecule has 1 unspecified atom stereocenters. The summed E-state index contributed by atoms with van der Waals surface area (Å²) in [6.45, 7) is 1.61. The molecule has 1 heterocycles. The molecule has 0 saturated heterocycles. The van der Waals surface area contributed by atoms with E-state index in [0.717, 1.165) is 16.6 Å². The van der Waals surface area contributed by atoms with Crippen molar-refractivity contribution in [1.82, 2.24) is 15.5 Å². The lowest BCUT2D eigenvalue weighted by Gasteiger charge is -2.24. The molecule has 5 nitrogen and oxygen atoms in total. The number of aromatic amines is 1. The highest BCUT2D eigenvalue weighted by Crippen LogP contribution is 2.20. The molecule has 0 radical (unpaired) electrons. The Kier molecular flexibility index (Phi) is 4.31. The third kappa shape index (κ3) is 3.44. The summed E-state index contributed by atoms with van der Waals surface area (Å²) in [7, 11) is 0. The van der Waals surface area contributed by atoms with E-state index in [9.17, 15) is 14.3 Å². The van der Waals surface area contributed by atoms with Crippen LogP contribution in [0.4, 0.5) is 4.39 Å². The third-order valence-corrected chi connectivity index (χ3v) is 3.97. The SMILES string of the molecule is CC(O)(CNC(=O)Cc1[nH]nc2ccccc12)c1ccc(F)cc1. The van der Waals surface area contributed by atoms with Gasteiger partial charge in [-0.05, 0) is 30.7 Å². The number of carbonyl (C=O) groups is 1. The highest BCUT2D eigenvalue weighted by Gasteiger charge is 2.24. The summed E-state index contributed by atoms with van der Waals surface area (Å²) in [5, 5.41) is 21.1. The molecule has 6 heteroatoms. The fourth-order valence-electron chi connectivity index (χ4n) is 2.55. The zero-order valence-corrected chi connectivity index (χ0v) is 13.2. The van der Waals surface area contributed by atoms with Crippen molar-refractivity contribution in [3.05, 3.63) is 65.6 Å². The van der Waals surface area contributed by atoms with Gasteiger partial charge < -0.3 is 10.4 Å². The summed E-state index contributed by atoms with van der Waals surface area (Å²) in [6, 6.07) is 13.1. The first-order valence-electron chi connectivity index (χ1n) is 7.63. The van der Waals surface area contributed by atoms with Gasteiger partial charge in [-0.25, -0.2) is 4.39 Å². The van der Waals surface area contributed by atoms with Crippen molar-refractivity contribution in [3.8, 4) is 0 Å². The van der Waals surface area contributed by atoms with Crippen LogP contribution in [-0.4, -0.2) is 27.8 Å². The molecule has 0 bridgehead atoms. The molecular formula is C18H18FN3O2. The lowest BCUT2D eigenvalue weighted by molar-refractivity contribution is -0.121. The van der Waals surface area contributed by atoms with Gasteiger partial charge in [0, 0.05) is 5.39 Å². The van der Waals surface area contributed by atoms with Gasteiger partial charge in [0.05, 0.1) is 24.2 Å². The Balaban J connectivity index is 1.63. The maximum Gasteiger partial charge on any atom is 0.226 e. The number of benzene rings is 2. The van der Waals surface area contributed by atoms with Crippen molar-refractivity contribution in [1.29, 1.82) is 0 Å². The molecule has 0 spiro atoms. The molecule has 124 valence electrons. The molecule has 3 N–H and O–H groups in total. The molecule has 3 rings (SSSR count). The van der Waals surface area contributed by atoms with Crippen molar-refractivity contribution < 1.29 is 14.3 Å². The second kappa shape index (κ2) is 6.41. The molecular weight excluding hydrogens is 309 g/mol. The molecule has 0 saturated carbocycles. The maximum absolute atomic E-state index is 13.0. The van der Waals surface area contributed by atoms with Crippen LogP contribution in [-0.2, 0) is 16.8 Å². The predicted molar refractivity (Wildman–Crippen MR) is 88.8 cm³/mol. The van der Waals surface area contributed by atoms with Crippen molar-refractivity contribution in [2.45, 2.75) is 18.9 Å². The van der Waals surface area contributed by atoms with Crippen LogP contribution in [0, 0.1) is 5.82 Å². The number of carbonyl (C=O) groups excluding carboxylic acids is 1. The largest absolute Gasteiger partial charge is 0.384 e. The van der Waals surface area contributed by atoms with Gasteiger partial charge in [0.1, 0.15) is 11.4 Å². The normalized spacial score (nSPS) is 13.6. The zero-order valence-electron chi connectivity index (χ0n) is 13.2.